The second-order valence-electron chi connectivity index (χ2n) is 15.6. The molecule has 15 nitrogen and oxygen atoms in total. The summed E-state index contributed by atoms with van der Waals surface area (Å²) in [6.45, 7) is 9.76. The zero-order chi connectivity index (χ0) is 39.4. The molecule has 1 fully saturated rings. The lowest BCUT2D eigenvalue weighted by Crippen LogP contribution is -2.36. The maximum absolute atomic E-state index is 13.6. The molecule has 0 radical (unpaired) electrons. The summed E-state index contributed by atoms with van der Waals surface area (Å²) in [5.74, 6) is 0.581. The second-order valence-corrected chi connectivity index (χ2v) is 15.6. The average molecular weight is 746 g/mol. The molecule has 4 amide bonds. The van der Waals surface area contributed by atoms with Gasteiger partial charge in [-0.25, -0.2) is 4.98 Å². The number of ether oxygens (including phenoxy) is 2. The van der Waals surface area contributed by atoms with Crippen LogP contribution in [0.25, 0.3) is 0 Å². The van der Waals surface area contributed by atoms with Gasteiger partial charge in [-0.2, -0.15) is 0 Å². The minimum Gasteiger partial charge on any atom is -0.493 e. The molecule has 3 aromatic rings. The smallest absolute Gasteiger partial charge is 0.287 e. The number of methoxy groups -OCH3 is 1. The summed E-state index contributed by atoms with van der Waals surface area (Å²) in [4.78, 5) is 65.8. The first-order valence-electron chi connectivity index (χ1n) is 18.5. The van der Waals surface area contributed by atoms with Gasteiger partial charge in [-0.3, -0.25) is 24.2 Å². The van der Waals surface area contributed by atoms with E-state index in [9.17, 15) is 19.2 Å². The van der Waals surface area contributed by atoms with E-state index in [0.29, 0.717) is 66.7 Å². The van der Waals surface area contributed by atoms with E-state index in [-0.39, 0.29) is 41.3 Å². The Hall–Kier alpha value is -5.18. The Morgan fingerprint density at radius 1 is 0.981 bits per heavy atom. The standard InChI is InChI=1S/C39H55N9O6/c1-38(2,14-11-18-54-30-21-28-27(20-29(30)53-9)35(50)48-17-10-13-26(48)22-41-28)36(51)42-25-19-31(46(7)23-25)39(3,4)37(52)44-32-24-47(8)33(43-32)34(49)40-15-12-16-45(5)6/h19-24,26H,10-18H2,1-9H3,(H,40,49)(H,42,51)(H,44,52)/t26-/m0/s1. The summed E-state index contributed by atoms with van der Waals surface area (Å²) in [6.07, 6.45) is 9.02. The number of anilines is 2. The molecule has 4 heterocycles. The minimum atomic E-state index is -1.01. The Morgan fingerprint density at radius 3 is 2.46 bits per heavy atom. The molecule has 15 heteroatoms. The lowest BCUT2D eigenvalue weighted by molar-refractivity contribution is -0.124. The zero-order valence-electron chi connectivity index (χ0n) is 33.0. The molecule has 0 unspecified atom stereocenters. The van der Waals surface area contributed by atoms with Gasteiger partial charge in [-0.1, -0.05) is 13.8 Å². The lowest BCUT2D eigenvalue weighted by atomic mass is 9.86. The van der Waals surface area contributed by atoms with Gasteiger partial charge in [0.2, 0.25) is 17.6 Å². The van der Waals surface area contributed by atoms with Crippen LogP contribution in [0.1, 0.15) is 86.5 Å². The van der Waals surface area contributed by atoms with Gasteiger partial charge in [0.1, 0.15) is 0 Å². The van der Waals surface area contributed by atoms with Crippen LogP contribution >= 0.6 is 0 Å². The quantitative estimate of drug-likeness (QED) is 0.180. The van der Waals surface area contributed by atoms with Crippen LogP contribution in [0.2, 0.25) is 0 Å². The minimum absolute atomic E-state index is 0.0121. The molecule has 5 rings (SSSR count). The van der Waals surface area contributed by atoms with Crippen molar-refractivity contribution in [3.63, 3.8) is 0 Å². The largest absolute Gasteiger partial charge is 0.493 e. The summed E-state index contributed by atoms with van der Waals surface area (Å²) >= 11 is 0. The summed E-state index contributed by atoms with van der Waals surface area (Å²) in [5, 5.41) is 8.75. The molecule has 0 spiro atoms. The third-order valence-electron chi connectivity index (χ3n) is 10.1. The van der Waals surface area contributed by atoms with Gasteiger partial charge >= 0.3 is 0 Å². The summed E-state index contributed by atoms with van der Waals surface area (Å²) < 4.78 is 15.1. The first-order chi connectivity index (χ1) is 25.5. The van der Waals surface area contributed by atoms with E-state index >= 15 is 0 Å². The molecule has 0 saturated carbocycles. The third kappa shape index (κ3) is 8.95. The Morgan fingerprint density at radius 2 is 1.74 bits per heavy atom. The third-order valence-corrected chi connectivity index (χ3v) is 10.1. The number of carbonyl (C=O) groups excluding carboxylic acids is 4. The number of hydrogen-bond acceptors (Lipinski definition) is 9. The first-order valence-corrected chi connectivity index (χ1v) is 18.5. The molecule has 2 aliphatic rings. The topological polar surface area (TPSA) is 164 Å². The molecule has 0 bridgehead atoms. The first kappa shape index (κ1) is 40.0. The highest BCUT2D eigenvalue weighted by molar-refractivity contribution is 6.03. The predicted octanol–water partition coefficient (Wildman–Crippen LogP) is 4.51. The van der Waals surface area contributed by atoms with E-state index in [2.05, 4.69) is 25.9 Å². The van der Waals surface area contributed by atoms with Gasteiger partial charge in [0.25, 0.3) is 11.8 Å². The number of aromatic nitrogens is 3. The highest BCUT2D eigenvalue weighted by Gasteiger charge is 2.35. The van der Waals surface area contributed by atoms with Crippen LogP contribution in [0.4, 0.5) is 17.2 Å². The van der Waals surface area contributed by atoms with Gasteiger partial charge in [-0.15, -0.1) is 0 Å². The highest BCUT2D eigenvalue weighted by atomic mass is 16.5. The van der Waals surface area contributed by atoms with E-state index in [1.54, 1.807) is 63.2 Å². The van der Waals surface area contributed by atoms with Gasteiger partial charge in [-0.05, 0) is 78.7 Å². The maximum atomic E-state index is 13.6. The highest BCUT2D eigenvalue weighted by Crippen LogP contribution is 2.38. The van der Waals surface area contributed by atoms with Crippen LogP contribution in [0.5, 0.6) is 11.5 Å². The number of benzene rings is 1. The van der Waals surface area contributed by atoms with E-state index in [0.717, 1.165) is 25.8 Å². The number of aliphatic imine (C=N–C) groups is 1. The number of aryl methyl sites for hydroxylation is 2. The lowest BCUT2D eigenvalue weighted by Gasteiger charge is -2.24. The van der Waals surface area contributed by atoms with Crippen LogP contribution in [-0.2, 0) is 29.1 Å². The number of rotatable bonds is 16. The van der Waals surface area contributed by atoms with Gasteiger partial charge in [0.15, 0.2) is 17.3 Å². The fourth-order valence-electron chi connectivity index (χ4n) is 6.79. The number of nitrogens with one attached hydrogen (secondary N) is 3. The zero-order valence-corrected chi connectivity index (χ0v) is 33.0. The maximum Gasteiger partial charge on any atom is 0.287 e. The number of carbonyl (C=O) groups is 4. The van der Waals surface area contributed by atoms with E-state index < -0.39 is 10.8 Å². The second kappa shape index (κ2) is 16.5. The van der Waals surface area contributed by atoms with E-state index in [4.69, 9.17) is 9.47 Å². The average Bonchev–Trinajstić information content (AvgIpc) is 3.83. The molecule has 3 N–H and O–H groups in total. The summed E-state index contributed by atoms with van der Waals surface area (Å²) in [7, 11) is 9.03. The molecule has 0 aliphatic carbocycles. The van der Waals surface area contributed by atoms with Crippen molar-refractivity contribution in [1.29, 1.82) is 0 Å². The van der Waals surface area contributed by atoms with Crippen LogP contribution in [-0.4, -0.2) is 107 Å². The number of imidazole rings is 1. The molecule has 54 heavy (non-hydrogen) atoms. The summed E-state index contributed by atoms with van der Waals surface area (Å²) in [6, 6.07) is 5.26. The van der Waals surface area contributed by atoms with Crippen molar-refractivity contribution in [3.05, 3.63) is 47.7 Å². The van der Waals surface area contributed by atoms with Crippen molar-refractivity contribution in [2.45, 2.75) is 71.3 Å². The Labute approximate surface area is 317 Å². The summed E-state index contributed by atoms with van der Waals surface area (Å²) in [5.41, 5.74) is 0.562. The molecule has 1 atom stereocenters. The number of amides is 4. The van der Waals surface area contributed by atoms with Crippen LogP contribution in [0, 0.1) is 5.41 Å². The normalized spacial score (nSPS) is 15.5. The Balaban J connectivity index is 1.15. The number of hydrogen-bond donors (Lipinski definition) is 3. The van der Waals surface area contributed by atoms with Gasteiger partial charge in [0.05, 0.1) is 42.1 Å². The molecule has 2 aliphatic heterocycles. The van der Waals surface area contributed by atoms with Gasteiger partial charge in [0, 0.05) is 63.0 Å². The molecule has 292 valence electrons. The molecule has 1 aromatic carbocycles. The van der Waals surface area contributed by atoms with Crippen molar-refractivity contribution in [2.24, 2.45) is 24.5 Å². The van der Waals surface area contributed by atoms with Crippen molar-refractivity contribution in [1.82, 2.24) is 29.2 Å². The SMILES string of the molecule is COc1cc2c(cc1OCCCC(C)(C)C(=O)Nc1cc(C(C)(C)C(=O)Nc3cn(C)c(C(=O)NCCCN(C)C)n3)n(C)c1)N=C[C@@H]1CCCN1C2=O. The van der Waals surface area contributed by atoms with Crippen molar-refractivity contribution < 1.29 is 28.7 Å². The van der Waals surface area contributed by atoms with E-state index in [1.807, 2.05) is 55.6 Å². The predicted molar refractivity (Wildman–Crippen MR) is 208 cm³/mol. The van der Waals surface area contributed by atoms with Gasteiger partial charge < -0.3 is 44.4 Å². The molecule has 2 aromatic heterocycles. The molecule has 1 saturated heterocycles. The monoisotopic (exact) mass is 745 g/mol. The van der Waals surface area contributed by atoms with Crippen LogP contribution in [0.15, 0.2) is 35.6 Å². The van der Waals surface area contributed by atoms with Crippen molar-refractivity contribution in [3.8, 4) is 11.5 Å². The molecular weight excluding hydrogens is 690 g/mol. The van der Waals surface area contributed by atoms with Crippen LogP contribution in [0.3, 0.4) is 0 Å². The Bertz CT molecular complexity index is 1910. The fourth-order valence-corrected chi connectivity index (χ4v) is 6.79. The number of fused-ring (bicyclic) bond motifs is 2. The fraction of sp³-hybridized carbons (Fsp3) is 0.538. The van der Waals surface area contributed by atoms with Crippen LogP contribution < -0.4 is 25.4 Å². The Kier molecular flexibility index (Phi) is 12.2. The van der Waals surface area contributed by atoms with E-state index in [1.165, 1.54) is 0 Å². The van der Waals surface area contributed by atoms with Crippen molar-refractivity contribution in [2.75, 3.05) is 58.1 Å². The molecular formula is C39H55N9O6. The number of nitrogens with zero attached hydrogens (tertiary/aromatic N) is 6. The van der Waals surface area contributed by atoms with Crippen molar-refractivity contribution >= 4 is 47.0 Å².